The van der Waals surface area contributed by atoms with Gasteiger partial charge >= 0.3 is 0 Å². The Morgan fingerprint density at radius 1 is 0.913 bits per heavy atom. The zero-order valence-electron chi connectivity index (χ0n) is 14.0. The predicted molar refractivity (Wildman–Crippen MR) is 95.4 cm³/mol. The molecule has 2 heterocycles. The van der Waals surface area contributed by atoms with Crippen molar-refractivity contribution < 1.29 is 4.42 Å². The van der Waals surface area contributed by atoms with E-state index in [0.29, 0.717) is 0 Å². The molecule has 3 rings (SSSR count). The standard InChI is InChI=1S/C20H26N2O/c1-2-3-4-5-6-7-10-15-22-18-13-9-8-12-17(18)21-20(22)19-14-11-16-23-19/h8-9,11-14,16H,2-7,10,15H2,1H3. The van der Waals surface area contributed by atoms with Gasteiger partial charge in [0.25, 0.3) is 0 Å². The first-order valence-electron chi connectivity index (χ1n) is 8.89. The van der Waals surface area contributed by atoms with E-state index in [4.69, 9.17) is 9.40 Å². The highest BCUT2D eigenvalue weighted by atomic mass is 16.3. The van der Waals surface area contributed by atoms with E-state index in [1.807, 2.05) is 18.2 Å². The summed E-state index contributed by atoms with van der Waals surface area (Å²) in [6, 6.07) is 12.3. The van der Waals surface area contributed by atoms with Gasteiger partial charge in [-0.15, -0.1) is 0 Å². The number of hydrogen-bond acceptors (Lipinski definition) is 2. The Kier molecular flexibility index (Phi) is 5.51. The van der Waals surface area contributed by atoms with Gasteiger partial charge in [0.2, 0.25) is 0 Å². The van der Waals surface area contributed by atoms with Crippen LogP contribution in [0.5, 0.6) is 0 Å². The van der Waals surface area contributed by atoms with Gasteiger partial charge in [0.15, 0.2) is 11.6 Å². The molecule has 0 amide bonds. The van der Waals surface area contributed by atoms with Gasteiger partial charge in [-0.1, -0.05) is 57.6 Å². The molecule has 122 valence electrons. The minimum Gasteiger partial charge on any atom is -0.461 e. The number of benzene rings is 1. The first-order valence-corrected chi connectivity index (χ1v) is 8.89. The zero-order chi connectivity index (χ0) is 15.9. The molecule has 0 saturated carbocycles. The third-order valence-electron chi connectivity index (χ3n) is 4.38. The van der Waals surface area contributed by atoms with Gasteiger partial charge < -0.3 is 8.98 Å². The molecule has 3 aromatic rings. The van der Waals surface area contributed by atoms with Crippen molar-refractivity contribution in [3.8, 4) is 11.6 Å². The Morgan fingerprint density at radius 3 is 2.48 bits per heavy atom. The maximum Gasteiger partial charge on any atom is 0.177 e. The molecule has 0 fully saturated rings. The molecule has 0 saturated heterocycles. The fraction of sp³-hybridized carbons (Fsp3) is 0.450. The molecule has 0 aliphatic rings. The Hall–Kier alpha value is -2.03. The monoisotopic (exact) mass is 310 g/mol. The van der Waals surface area contributed by atoms with Crippen molar-refractivity contribution in [2.24, 2.45) is 0 Å². The average molecular weight is 310 g/mol. The third-order valence-corrected chi connectivity index (χ3v) is 4.38. The van der Waals surface area contributed by atoms with Crippen molar-refractivity contribution in [2.75, 3.05) is 0 Å². The Morgan fingerprint density at radius 2 is 1.70 bits per heavy atom. The second-order valence-corrected chi connectivity index (χ2v) is 6.17. The lowest BCUT2D eigenvalue weighted by Gasteiger charge is -2.08. The van der Waals surface area contributed by atoms with Gasteiger partial charge in [0, 0.05) is 6.54 Å². The van der Waals surface area contributed by atoms with E-state index in [-0.39, 0.29) is 0 Å². The van der Waals surface area contributed by atoms with Crippen LogP contribution in [0.4, 0.5) is 0 Å². The van der Waals surface area contributed by atoms with E-state index in [1.54, 1.807) is 6.26 Å². The molecule has 0 spiro atoms. The number of unbranched alkanes of at least 4 members (excludes halogenated alkanes) is 6. The number of aryl methyl sites for hydroxylation is 1. The SMILES string of the molecule is CCCCCCCCCn1c(-c2ccco2)nc2ccccc21. The van der Waals surface area contributed by atoms with Crippen LogP contribution in [-0.2, 0) is 6.54 Å². The smallest absolute Gasteiger partial charge is 0.177 e. The van der Waals surface area contributed by atoms with Gasteiger partial charge in [-0.2, -0.15) is 0 Å². The van der Waals surface area contributed by atoms with Crippen LogP contribution >= 0.6 is 0 Å². The molecule has 0 aliphatic heterocycles. The van der Waals surface area contributed by atoms with Crippen LogP contribution in [0.15, 0.2) is 47.1 Å². The molecular formula is C20H26N2O. The predicted octanol–water partition coefficient (Wildman–Crippen LogP) is 6.05. The van der Waals surface area contributed by atoms with Crippen LogP contribution in [-0.4, -0.2) is 9.55 Å². The second-order valence-electron chi connectivity index (χ2n) is 6.17. The van der Waals surface area contributed by atoms with E-state index < -0.39 is 0 Å². The summed E-state index contributed by atoms with van der Waals surface area (Å²) in [6.45, 7) is 3.27. The van der Waals surface area contributed by atoms with Crippen LogP contribution in [0.25, 0.3) is 22.6 Å². The molecule has 1 aromatic carbocycles. The van der Waals surface area contributed by atoms with Crippen molar-refractivity contribution >= 4 is 11.0 Å². The minimum absolute atomic E-state index is 0.851. The van der Waals surface area contributed by atoms with Crippen LogP contribution in [0.2, 0.25) is 0 Å². The number of para-hydroxylation sites is 2. The molecule has 23 heavy (non-hydrogen) atoms. The zero-order valence-corrected chi connectivity index (χ0v) is 14.0. The average Bonchev–Trinajstić information content (AvgIpc) is 3.21. The highest BCUT2D eigenvalue weighted by Gasteiger charge is 2.13. The number of nitrogens with zero attached hydrogens (tertiary/aromatic N) is 2. The van der Waals surface area contributed by atoms with Crippen LogP contribution in [0, 0.1) is 0 Å². The normalized spacial score (nSPS) is 11.3. The topological polar surface area (TPSA) is 31.0 Å². The Balaban J connectivity index is 1.68. The lowest BCUT2D eigenvalue weighted by molar-refractivity contribution is 0.544. The van der Waals surface area contributed by atoms with Gasteiger partial charge in [-0.25, -0.2) is 4.98 Å². The van der Waals surface area contributed by atoms with Gasteiger partial charge in [0.05, 0.1) is 17.3 Å². The first kappa shape index (κ1) is 15.9. The summed E-state index contributed by atoms with van der Waals surface area (Å²) in [5.74, 6) is 1.80. The van der Waals surface area contributed by atoms with Gasteiger partial charge in [-0.05, 0) is 30.7 Å². The molecule has 0 aliphatic carbocycles. The quantitative estimate of drug-likeness (QED) is 0.451. The lowest BCUT2D eigenvalue weighted by Crippen LogP contribution is -2.00. The number of furan rings is 1. The summed E-state index contributed by atoms with van der Waals surface area (Å²) in [4.78, 5) is 4.76. The summed E-state index contributed by atoms with van der Waals surface area (Å²) in [7, 11) is 0. The van der Waals surface area contributed by atoms with E-state index in [9.17, 15) is 0 Å². The largest absolute Gasteiger partial charge is 0.461 e. The first-order chi connectivity index (χ1) is 11.4. The summed E-state index contributed by atoms with van der Waals surface area (Å²) in [5.41, 5.74) is 2.24. The third kappa shape index (κ3) is 3.84. The van der Waals surface area contributed by atoms with Gasteiger partial charge in [0.1, 0.15) is 0 Å². The summed E-state index contributed by atoms with van der Waals surface area (Å²) >= 11 is 0. The van der Waals surface area contributed by atoms with E-state index >= 15 is 0 Å². The number of aromatic nitrogens is 2. The van der Waals surface area contributed by atoms with Crippen molar-refractivity contribution in [2.45, 2.75) is 58.4 Å². The fourth-order valence-electron chi connectivity index (χ4n) is 3.12. The molecule has 0 radical (unpaired) electrons. The number of imidazole rings is 1. The van der Waals surface area contributed by atoms with Crippen molar-refractivity contribution in [3.05, 3.63) is 42.7 Å². The number of fused-ring (bicyclic) bond motifs is 1. The van der Waals surface area contributed by atoms with Crippen LogP contribution < -0.4 is 0 Å². The van der Waals surface area contributed by atoms with E-state index in [0.717, 1.165) is 23.6 Å². The lowest BCUT2D eigenvalue weighted by atomic mass is 10.1. The summed E-state index contributed by atoms with van der Waals surface area (Å²) < 4.78 is 7.88. The molecule has 2 aromatic heterocycles. The Labute approximate surface area is 138 Å². The van der Waals surface area contributed by atoms with Crippen molar-refractivity contribution in [3.63, 3.8) is 0 Å². The summed E-state index contributed by atoms with van der Waals surface area (Å²) in [6.07, 6.45) is 11.0. The number of rotatable bonds is 9. The molecule has 0 bridgehead atoms. The minimum atomic E-state index is 0.851. The second kappa shape index (κ2) is 8.00. The highest BCUT2D eigenvalue weighted by Crippen LogP contribution is 2.25. The maximum absolute atomic E-state index is 5.58. The fourth-order valence-corrected chi connectivity index (χ4v) is 3.12. The Bertz CT molecular complexity index is 712. The molecule has 3 heteroatoms. The van der Waals surface area contributed by atoms with Crippen LogP contribution in [0.1, 0.15) is 51.9 Å². The number of hydrogen-bond donors (Lipinski definition) is 0. The summed E-state index contributed by atoms with van der Waals surface area (Å²) in [5, 5.41) is 0. The molecule has 3 nitrogen and oxygen atoms in total. The highest BCUT2D eigenvalue weighted by molar-refractivity contribution is 5.79. The molecule has 0 N–H and O–H groups in total. The van der Waals surface area contributed by atoms with Crippen molar-refractivity contribution in [1.29, 1.82) is 0 Å². The maximum atomic E-state index is 5.58. The van der Waals surface area contributed by atoms with E-state index in [2.05, 4.69) is 29.7 Å². The van der Waals surface area contributed by atoms with Crippen molar-refractivity contribution in [1.82, 2.24) is 9.55 Å². The van der Waals surface area contributed by atoms with Crippen LogP contribution in [0.3, 0.4) is 0 Å². The molecule has 0 atom stereocenters. The van der Waals surface area contributed by atoms with E-state index in [1.165, 1.54) is 50.5 Å². The van der Waals surface area contributed by atoms with Gasteiger partial charge in [-0.3, -0.25) is 0 Å². The molecule has 0 unspecified atom stereocenters. The molecular weight excluding hydrogens is 284 g/mol.